The van der Waals surface area contributed by atoms with Gasteiger partial charge in [0, 0.05) is 41.9 Å². The Hall–Kier alpha value is -4.31. The fraction of sp³-hybridized carbons (Fsp3) is 0.214. The number of carbonyl (C=O) groups is 1. The number of anilines is 2. The fourth-order valence-electron chi connectivity index (χ4n) is 4.92. The van der Waals surface area contributed by atoms with Gasteiger partial charge in [-0.3, -0.25) is 20.2 Å². The summed E-state index contributed by atoms with van der Waals surface area (Å²) in [4.78, 5) is 20.2. The van der Waals surface area contributed by atoms with Crippen LogP contribution in [0.1, 0.15) is 10.4 Å². The topological polar surface area (TPSA) is 66.9 Å². The predicted octanol–water partition coefficient (Wildman–Crippen LogP) is 4.70. The number of hydrogen-bond acceptors (Lipinski definition) is 6. The number of nitrogens with one attached hydrogen (secondary N) is 1. The van der Waals surface area contributed by atoms with Crippen molar-refractivity contribution in [2.75, 3.05) is 49.4 Å². The van der Waals surface area contributed by atoms with Gasteiger partial charge in [-0.15, -0.1) is 0 Å². The summed E-state index contributed by atoms with van der Waals surface area (Å²) in [6.07, 6.45) is 1.44. The van der Waals surface area contributed by atoms with Gasteiger partial charge in [-0.05, 0) is 18.2 Å². The molecule has 2 aliphatic heterocycles. The lowest BCUT2D eigenvalue weighted by atomic mass is 9.98. The van der Waals surface area contributed by atoms with Gasteiger partial charge < -0.3 is 14.4 Å². The number of carbonyl (C=O) groups excluding carboxylic acids is 1. The maximum atomic E-state index is 14.7. The largest absolute Gasteiger partial charge is 0.489 e. The van der Waals surface area contributed by atoms with Crippen LogP contribution in [0, 0.1) is 17.5 Å². The van der Waals surface area contributed by atoms with Crippen molar-refractivity contribution in [3.05, 3.63) is 83.8 Å². The summed E-state index contributed by atoms with van der Waals surface area (Å²) in [6.45, 7) is 2.87. The fourth-order valence-corrected chi connectivity index (χ4v) is 4.92. The first-order chi connectivity index (χ1) is 18.5. The van der Waals surface area contributed by atoms with E-state index in [1.807, 2.05) is 29.2 Å². The van der Waals surface area contributed by atoms with E-state index in [1.54, 1.807) is 23.2 Å². The van der Waals surface area contributed by atoms with Crippen LogP contribution in [0.25, 0.3) is 22.0 Å². The second kappa shape index (κ2) is 9.86. The Bertz CT molecular complexity index is 1540. The quantitative estimate of drug-likeness (QED) is 0.394. The lowest BCUT2D eigenvalue weighted by molar-refractivity contribution is 0.0943. The highest BCUT2D eigenvalue weighted by molar-refractivity contribution is 6.10. The van der Waals surface area contributed by atoms with Crippen LogP contribution < -0.4 is 20.1 Å². The van der Waals surface area contributed by atoms with Crippen LogP contribution in [0.4, 0.5) is 24.5 Å². The second-order valence-electron chi connectivity index (χ2n) is 8.98. The van der Waals surface area contributed by atoms with Crippen LogP contribution in [-0.2, 0) is 4.74 Å². The Kier molecular flexibility index (Phi) is 6.24. The molecule has 3 aromatic carbocycles. The van der Waals surface area contributed by atoms with E-state index in [-0.39, 0.29) is 11.5 Å². The molecule has 0 unspecified atom stereocenters. The van der Waals surface area contributed by atoms with Crippen molar-refractivity contribution >= 4 is 28.2 Å². The minimum absolute atomic E-state index is 0.114. The van der Waals surface area contributed by atoms with Gasteiger partial charge in [-0.2, -0.15) is 0 Å². The van der Waals surface area contributed by atoms with Gasteiger partial charge in [0.15, 0.2) is 11.6 Å². The van der Waals surface area contributed by atoms with Crippen LogP contribution in [0.5, 0.6) is 5.75 Å². The number of hydrogen-bond donors (Lipinski definition) is 1. The Morgan fingerprint density at radius 1 is 0.868 bits per heavy atom. The average Bonchev–Trinajstić information content (AvgIpc) is 2.94. The molecule has 0 radical (unpaired) electrons. The maximum Gasteiger partial charge on any atom is 0.273 e. The third-order valence-corrected chi connectivity index (χ3v) is 6.71. The molecule has 2 aliphatic rings. The molecule has 1 aromatic heterocycles. The van der Waals surface area contributed by atoms with Crippen molar-refractivity contribution in [1.82, 2.24) is 10.4 Å². The summed E-state index contributed by atoms with van der Waals surface area (Å²) in [5.74, 6) is -3.03. The molecule has 0 aliphatic carbocycles. The molecular formula is C28H23F3N4O3. The zero-order valence-electron chi connectivity index (χ0n) is 20.2. The van der Waals surface area contributed by atoms with E-state index in [9.17, 15) is 18.0 Å². The van der Waals surface area contributed by atoms with Crippen molar-refractivity contribution in [2.45, 2.75) is 0 Å². The Morgan fingerprint density at radius 3 is 2.50 bits per heavy atom. The zero-order chi connectivity index (χ0) is 26.2. The molecule has 38 heavy (non-hydrogen) atoms. The highest BCUT2D eigenvalue weighted by atomic mass is 19.2. The number of benzene rings is 3. The number of para-hydroxylation sites is 3. The van der Waals surface area contributed by atoms with Gasteiger partial charge in [-0.1, -0.05) is 30.3 Å². The minimum atomic E-state index is -1.27. The summed E-state index contributed by atoms with van der Waals surface area (Å²) in [6, 6.07) is 13.8. The standard InChI is InChI=1S/C28H23F3N4O3/c29-21-15-23(31)22(30)14-19(21)17-4-3-5-18-26(17)32-16-20(27(18)34-8-11-37-12-9-34)28(36)33-35-10-13-38-25-7-2-1-6-24(25)35/h1-7,14-16H,8-13H2,(H,33,36). The molecule has 6 rings (SSSR count). The first-order valence-corrected chi connectivity index (χ1v) is 12.2. The maximum absolute atomic E-state index is 14.7. The highest BCUT2D eigenvalue weighted by Gasteiger charge is 2.27. The Balaban J connectivity index is 1.46. The van der Waals surface area contributed by atoms with Crippen LogP contribution in [0.3, 0.4) is 0 Å². The third-order valence-electron chi connectivity index (χ3n) is 6.71. The lowest BCUT2D eigenvalue weighted by Gasteiger charge is -2.33. The second-order valence-corrected chi connectivity index (χ2v) is 8.98. The van der Waals surface area contributed by atoms with Gasteiger partial charge in [-0.25, -0.2) is 13.2 Å². The van der Waals surface area contributed by atoms with Crippen LogP contribution >= 0.6 is 0 Å². The number of morpholine rings is 1. The van der Waals surface area contributed by atoms with E-state index in [4.69, 9.17) is 9.47 Å². The van der Waals surface area contributed by atoms with E-state index in [0.717, 1.165) is 11.8 Å². The van der Waals surface area contributed by atoms with E-state index < -0.39 is 17.5 Å². The molecule has 10 heteroatoms. The molecule has 7 nitrogen and oxygen atoms in total. The first-order valence-electron chi connectivity index (χ1n) is 12.2. The van der Waals surface area contributed by atoms with Gasteiger partial charge in [0.1, 0.15) is 18.2 Å². The van der Waals surface area contributed by atoms with E-state index in [0.29, 0.717) is 79.0 Å². The summed E-state index contributed by atoms with van der Waals surface area (Å²) in [5.41, 5.74) is 5.20. The number of hydrazine groups is 1. The summed E-state index contributed by atoms with van der Waals surface area (Å²) >= 11 is 0. The monoisotopic (exact) mass is 520 g/mol. The van der Waals surface area contributed by atoms with Crippen molar-refractivity contribution in [3.63, 3.8) is 0 Å². The summed E-state index contributed by atoms with van der Waals surface area (Å²) in [5, 5.41) is 2.32. The highest BCUT2D eigenvalue weighted by Crippen LogP contribution is 2.37. The molecule has 1 amide bonds. The van der Waals surface area contributed by atoms with E-state index in [2.05, 4.69) is 10.4 Å². The predicted molar refractivity (Wildman–Crippen MR) is 137 cm³/mol. The molecule has 1 saturated heterocycles. The summed E-state index contributed by atoms with van der Waals surface area (Å²) in [7, 11) is 0. The molecule has 0 atom stereocenters. The van der Waals surface area contributed by atoms with Crippen molar-refractivity contribution in [1.29, 1.82) is 0 Å². The van der Waals surface area contributed by atoms with Crippen molar-refractivity contribution in [3.8, 4) is 16.9 Å². The van der Waals surface area contributed by atoms with Gasteiger partial charge in [0.2, 0.25) is 0 Å². The van der Waals surface area contributed by atoms with Crippen LogP contribution in [0.15, 0.2) is 60.8 Å². The van der Waals surface area contributed by atoms with Gasteiger partial charge >= 0.3 is 0 Å². The van der Waals surface area contributed by atoms with Crippen molar-refractivity contribution < 1.29 is 27.4 Å². The number of nitrogens with zero attached hydrogens (tertiary/aromatic N) is 3. The van der Waals surface area contributed by atoms with Crippen LogP contribution in [0.2, 0.25) is 0 Å². The smallest absolute Gasteiger partial charge is 0.273 e. The lowest BCUT2D eigenvalue weighted by Crippen LogP contribution is -2.47. The number of pyridine rings is 1. The van der Waals surface area contributed by atoms with Gasteiger partial charge in [0.05, 0.1) is 42.2 Å². The SMILES string of the molecule is O=C(NN1CCOc2ccccc21)c1cnc2c(-c3cc(F)c(F)cc3F)cccc2c1N1CCOCC1. The van der Waals surface area contributed by atoms with Gasteiger partial charge in [0.25, 0.3) is 5.91 Å². The Morgan fingerprint density at radius 2 is 1.66 bits per heavy atom. The first kappa shape index (κ1) is 24.1. The minimum Gasteiger partial charge on any atom is -0.489 e. The van der Waals surface area contributed by atoms with Crippen molar-refractivity contribution in [2.24, 2.45) is 0 Å². The summed E-state index contributed by atoms with van der Waals surface area (Å²) < 4.78 is 53.6. The molecule has 0 spiro atoms. The molecule has 194 valence electrons. The number of ether oxygens (including phenoxy) is 2. The molecule has 4 aromatic rings. The number of fused-ring (bicyclic) bond motifs is 2. The van der Waals surface area contributed by atoms with Crippen LogP contribution in [-0.4, -0.2) is 50.3 Å². The Labute approximate surface area is 216 Å². The number of aromatic nitrogens is 1. The number of rotatable bonds is 4. The molecule has 1 N–H and O–H groups in total. The molecule has 3 heterocycles. The normalized spacial score (nSPS) is 15.2. The zero-order valence-corrected chi connectivity index (χ0v) is 20.2. The van der Waals surface area contributed by atoms with E-state index >= 15 is 0 Å². The molecule has 1 fully saturated rings. The van der Waals surface area contributed by atoms with E-state index in [1.165, 1.54) is 6.20 Å². The molecule has 0 saturated carbocycles. The molecule has 0 bridgehead atoms. The average molecular weight is 521 g/mol. The third kappa shape index (κ3) is 4.26. The molecular weight excluding hydrogens is 497 g/mol. The number of amides is 1. The number of halogens is 3.